The average molecular weight is 217 g/mol. The number of aliphatic hydroxyl groups excluding tert-OH is 1. The molecule has 1 aromatic carbocycles. The summed E-state index contributed by atoms with van der Waals surface area (Å²) in [7, 11) is 0. The van der Waals surface area contributed by atoms with Gasteiger partial charge in [-0.3, -0.25) is 0 Å². The van der Waals surface area contributed by atoms with Crippen LogP contribution in [0, 0.1) is 11.3 Å². The SMILES string of the molecule is N#Cc1cc(N2CCCC2CO)ccc1N. The Labute approximate surface area is 94.9 Å². The van der Waals surface area contributed by atoms with Crippen LogP contribution in [0.1, 0.15) is 18.4 Å². The van der Waals surface area contributed by atoms with Crippen molar-refractivity contribution < 1.29 is 5.11 Å². The normalized spacial score (nSPS) is 19.8. The molecule has 1 atom stereocenters. The minimum absolute atomic E-state index is 0.159. The van der Waals surface area contributed by atoms with E-state index >= 15 is 0 Å². The first-order valence-electron chi connectivity index (χ1n) is 5.43. The zero-order chi connectivity index (χ0) is 11.5. The van der Waals surface area contributed by atoms with Crippen LogP contribution in [0.3, 0.4) is 0 Å². The molecule has 0 spiro atoms. The van der Waals surface area contributed by atoms with Crippen LogP contribution in [0.5, 0.6) is 0 Å². The van der Waals surface area contributed by atoms with Gasteiger partial charge in [-0.2, -0.15) is 5.26 Å². The van der Waals surface area contributed by atoms with Gasteiger partial charge in [0.15, 0.2) is 0 Å². The third-order valence-corrected chi connectivity index (χ3v) is 3.08. The summed E-state index contributed by atoms with van der Waals surface area (Å²) in [6.07, 6.45) is 2.08. The number of benzene rings is 1. The zero-order valence-electron chi connectivity index (χ0n) is 9.06. The molecule has 0 amide bonds. The Morgan fingerprint density at radius 3 is 3.06 bits per heavy atom. The lowest BCUT2D eigenvalue weighted by molar-refractivity contribution is 0.266. The van der Waals surface area contributed by atoms with Crippen molar-refractivity contribution in [3.05, 3.63) is 23.8 Å². The third-order valence-electron chi connectivity index (χ3n) is 3.08. The van der Waals surface area contributed by atoms with Gasteiger partial charge in [0.25, 0.3) is 0 Å². The van der Waals surface area contributed by atoms with Crippen molar-refractivity contribution in [3.63, 3.8) is 0 Å². The van der Waals surface area contributed by atoms with Crippen molar-refractivity contribution in [3.8, 4) is 6.07 Å². The van der Waals surface area contributed by atoms with Gasteiger partial charge < -0.3 is 15.7 Å². The van der Waals surface area contributed by atoms with Gasteiger partial charge >= 0.3 is 0 Å². The second kappa shape index (κ2) is 4.42. The Hall–Kier alpha value is -1.73. The van der Waals surface area contributed by atoms with Crippen LogP contribution in [-0.2, 0) is 0 Å². The van der Waals surface area contributed by atoms with Crippen molar-refractivity contribution >= 4 is 11.4 Å². The number of nitrogen functional groups attached to an aromatic ring is 1. The minimum atomic E-state index is 0.159. The van der Waals surface area contributed by atoms with Gasteiger partial charge in [0.05, 0.1) is 18.2 Å². The number of nitriles is 1. The topological polar surface area (TPSA) is 73.3 Å². The van der Waals surface area contributed by atoms with E-state index in [0.29, 0.717) is 11.3 Å². The van der Waals surface area contributed by atoms with Gasteiger partial charge in [-0.1, -0.05) is 0 Å². The molecule has 0 aromatic heterocycles. The molecule has 1 aromatic rings. The molecule has 1 unspecified atom stereocenters. The van der Waals surface area contributed by atoms with E-state index < -0.39 is 0 Å². The van der Waals surface area contributed by atoms with Crippen LogP contribution in [-0.4, -0.2) is 24.3 Å². The van der Waals surface area contributed by atoms with E-state index in [4.69, 9.17) is 11.0 Å². The van der Waals surface area contributed by atoms with E-state index in [1.807, 2.05) is 6.07 Å². The number of nitrogens with two attached hydrogens (primary N) is 1. The lowest BCUT2D eigenvalue weighted by Crippen LogP contribution is -2.32. The number of anilines is 2. The summed E-state index contributed by atoms with van der Waals surface area (Å²) in [5.74, 6) is 0. The molecule has 1 fully saturated rings. The summed E-state index contributed by atoms with van der Waals surface area (Å²) in [6.45, 7) is 1.09. The summed E-state index contributed by atoms with van der Waals surface area (Å²) in [5, 5.41) is 18.2. The maximum atomic E-state index is 9.25. The minimum Gasteiger partial charge on any atom is -0.398 e. The highest BCUT2D eigenvalue weighted by Gasteiger charge is 2.24. The van der Waals surface area contributed by atoms with Gasteiger partial charge in [-0.25, -0.2) is 0 Å². The molecule has 4 heteroatoms. The van der Waals surface area contributed by atoms with Crippen LogP contribution in [0.2, 0.25) is 0 Å². The number of hydrogen-bond acceptors (Lipinski definition) is 4. The predicted molar refractivity (Wildman–Crippen MR) is 63.0 cm³/mol. The molecule has 3 N–H and O–H groups in total. The van der Waals surface area contributed by atoms with Crippen LogP contribution >= 0.6 is 0 Å². The van der Waals surface area contributed by atoms with E-state index in [0.717, 1.165) is 25.1 Å². The molecule has 1 aliphatic heterocycles. The Morgan fingerprint density at radius 2 is 2.38 bits per heavy atom. The standard InChI is InChI=1S/C12H15N3O/c13-7-9-6-10(3-4-12(9)14)15-5-1-2-11(15)8-16/h3-4,6,11,16H,1-2,5,8,14H2. The number of rotatable bonds is 2. The zero-order valence-corrected chi connectivity index (χ0v) is 9.06. The van der Waals surface area contributed by atoms with Gasteiger partial charge in [0, 0.05) is 17.9 Å². The fourth-order valence-electron chi connectivity index (χ4n) is 2.19. The molecular weight excluding hydrogens is 202 g/mol. The van der Waals surface area contributed by atoms with Crippen LogP contribution in [0.15, 0.2) is 18.2 Å². The van der Waals surface area contributed by atoms with Gasteiger partial charge in [0.1, 0.15) is 6.07 Å². The molecule has 16 heavy (non-hydrogen) atoms. The largest absolute Gasteiger partial charge is 0.398 e. The predicted octanol–water partition coefficient (Wildman–Crippen LogP) is 1.10. The molecule has 0 aliphatic carbocycles. The Morgan fingerprint density at radius 1 is 1.56 bits per heavy atom. The lowest BCUT2D eigenvalue weighted by Gasteiger charge is -2.25. The molecule has 4 nitrogen and oxygen atoms in total. The first kappa shape index (κ1) is 10.8. The molecule has 0 saturated carbocycles. The fraction of sp³-hybridized carbons (Fsp3) is 0.417. The molecule has 0 bridgehead atoms. The summed E-state index contributed by atoms with van der Waals surface area (Å²) in [5.41, 5.74) is 7.66. The molecule has 1 saturated heterocycles. The number of aliphatic hydroxyl groups is 1. The van der Waals surface area contributed by atoms with E-state index in [1.165, 1.54) is 0 Å². The van der Waals surface area contributed by atoms with Crippen LogP contribution < -0.4 is 10.6 Å². The average Bonchev–Trinajstić information content (AvgIpc) is 2.78. The summed E-state index contributed by atoms with van der Waals surface area (Å²) in [6, 6.07) is 7.71. The smallest absolute Gasteiger partial charge is 0.101 e. The fourth-order valence-corrected chi connectivity index (χ4v) is 2.19. The summed E-state index contributed by atoms with van der Waals surface area (Å²) < 4.78 is 0. The van der Waals surface area contributed by atoms with E-state index in [-0.39, 0.29) is 12.6 Å². The molecule has 0 radical (unpaired) electrons. The van der Waals surface area contributed by atoms with Gasteiger partial charge in [-0.15, -0.1) is 0 Å². The molecule has 1 heterocycles. The highest BCUT2D eigenvalue weighted by Crippen LogP contribution is 2.27. The number of hydrogen-bond donors (Lipinski definition) is 2. The maximum absolute atomic E-state index is 9.25. The van der Waals surface area contributed by atoms with Crippen molar-refractivity contribution in [1.82, 2.24) is 0 Å². The van der Waals surface area contributed by atoms with Crippen molar-refractivity contribution in [2.75, 3.05) is 23.8 Å². The Bertz CT molecular complexity index is 425. The molecular formula is C12H15N3O. The highest BCUT2D eigenvalue weighted by atomic mass is 16.3. The highest BCUT2D eigenvalue weighted by molar-refractivity contribution is 5.63. The summed E-state index contributed by atoms with van der Waals surface area (Å²) >= 11 is 0. The van der Waals surface area contributed by atoms with Gasteiger partial charge in [-0.05, 0) is 31.0 Å². The van der Waals surface area contributed by atoms with Gasteiger partial charge in [0.2, 0.25) is 0 Å². The van der Waals surface area contributed by atoms with E-state index in [2.05, 4.69) is 11.0 Å². The van der Waals surface area contributed by atoms with Crippen LogP contribution in [0.4, 0.5) is 11.4 Å². The third kappa shape index (κ3) is 1.82. The van der Waals surface area contributed by atoms with Crippen molar-refractivity contribution in [1.29, 1.82) is 5.26 Å². The Kier molecular flexibility index (Phi) is 2.97. The maximum Gasteiger partial charge on any atom is 0.101 e. The van der Waals surface area contributed by atoms with Crippen molar-refractivity contribution in [2.24, 2.45) is 0 Å². The van der Waals surface area contributed by atoms with E-state index in [1.54, 1.807) is 12.1 Å². The Balaban J connectivity index is 2.30. The molecule has 2 rings (SSSR count). The van der Waals surface area contributed by atoms with Crippen LogP contribution in [0.25, 0.3) is 0 Å². The monoisotopic (exact) mass is 217 g/mol. The van der Waals surface area contributed by atoms with Crippen molar-refractivity contribution in [2.45, 2.75) is 18.9 Å². The van der Waals surface area contributed by atoms with E-state index in [9.17, 15) is 5.11 Å². The quantitative estimate of drug-likeness (QED) is 0.727. The first-order chi connectivity index (χ1) is 7.76. The number of nitrogens with zero attached hydrogens (tertiary/aromatic N) is 2. The lowest BCUT2D eigenvalue weighted by atomic mass is 10.1. The molecule has 1 aliphatic rings. The second-order valence-corrected chi connectivity index (χ2v) is 4.06. The summed E-state index contributed by atoms with van der Waals surface area (Å²) in [4.78, 5) is 2.14. The first-order valence-corrected chi connectivity index (χ1v) is 5.43. The second-order valence-electron chi connectivity index (χ2n) is 4.06. The molecule has 84 valence electrons.